The number of rotatable bonds is 5. The quantitative estimate of drug-likeness (QED) is 0.841. The molecule has 1 amide bonds. The number of amides is 1. The molecule has 0 spiro atoms. The van der Waals surface area contributed by atoms with Crippen LogP contribution in [0.2, 0.25) is 0 Å². The minimum absolute atomic E-state index is 0.196. The lowest BCUT2D eigenvalue weighted by Gasteiger charge is -2.26. The number of allylic oxidation sites excluding steroid dienone is 2. The third-order valence-electron chi connectivity index (χ3n) is 3.77. The van der Waals surface area contributed by atoms with E-state index < -0.39 is 0 Å². The fraction of sp³-hybridized carbons (Fsp3) is 0.263. The Labute approximate surface area is 142 Å². The smallest absolute Gasteiger partial charge is 0.410 e. The number of nitrogens with two attached hydrogens (primary N) is 1. The van der Waals surface area contributed by atoms with E-state index in [9.17, 15) is 4.79 Å². The van der Waals surface area contributed by atoms with Crippen molar-refractivity contribution >= 4 is 17.5 Å². The van der Waals surface area contributed by atoms with E-state index in [0.717, 1.165) is 23.3 Å². The average Bonchev–Trinajstić information content (AvgIpc) is 2.57. The number of carbonyl (C=O) groups excluding carboxylic acids is 1. The Kier molecular flexibility index (Phi) is 5.95. The van der Waals surface area contributed by atoms with Crippen LogP contribution in [0, 0.1) is 6.92 Å². The molecule has 2 rings (SSSR count). The molecule has 0 aliphatic carbocycles. The van der Waals surface area contributed by atoms with Gasteiger partial charge in [0.25, 0.3) is 0 Å². The highest BCUT2D eigenvalue weighted by atomic mass is 16.6. The molecule has 5 heteroatoms. The summed E-state index contributed by atoms with van der Waals surface area (Å²) in [5, 5.41) is 0. The van der Waals surface area contributed by atoms with Gasteiger partial charge in [-0.05, 0) is 42.2 Å². The van der Waals surface area contributed by atoms with E-state index in [0.29, 0.717) is 18.9 Å². The van der Waals surface area contributed by atoms with Crippen molar-refractivity contribution in [2.45, 2.75) is 13.3 Å². The van der Waals surface area contributed by atoms with Crippen molar-refractivity contribution < 1.29 is 9.53 Å². The number of aryl methyl sites for hydroxylation is 1. The van der Waals surface area contributed by atoms with Crippen molar-refractivity contribution in [1.82, 2.24) is 9.88 Å². The zero-order chi connectivity index (χ0) is 17.5. The zero-order valence-corrected chi connectivity index (χ0v) is 14.0. The third kappa shape index (κ3) is 4.59. The highest BCUT2D eigenvalue weighted by molar-refractivity contribution is 5.73. The number of pyridine rings is 1. The van der Waals surface area contributed by atoms with Crippen LogP contribution in [0.1, 0.15) is 17.7 Å². The number of hydrogen-bond donors (Lipinski definition) is 1. The first-order valence-corrected chi connectivity index (χ1v) is 7.82. The minimum atomic E-state index is -0.326. The Morgan fingerprint density at radius 1 is 1.46 bits per heavy atom. The molecule has 0 bridgehead atoms. The van der Waals surface area contributed by atoms with Gasteiger partial charge in [-0.25, -0.2) is 9.78 Å². The summed E-state index contributed by atoms with van der Waals surface area (Å²) in [7, 11) is 0. The van der Waals surface area contributed by atoms with Crippen molar-refractivity contribution in [2.24, 2.45) is 0 Å². The van der Waals surface area contributed by atoms with Crippen molar-refractivity contribution in [1.29, 1.82) is 0 Å². The van der Waals surface area contributed by atoms with Crippen LogP contribution in [0.3, 0.4) is 0 Å². The second-order valence-electron chi connectivity index (χ2n) is 5.58. The molecule has 126 valence electrons. The lowest BCUT2D eigenvalue weighted by Crippen LogP contribution is -2.35. The van der Waals surface area contributed by atoms with Crippen LogP contribution in [0.15, 0.2) is 55.2 Å². The number of nitrogen functional groups attached to an aromatic ring is 1. The summed E-state index contributed by atoms with van der Waals surface area (Å²) in [6, 6.07) is 3.87. The van der Waals surface area contributed by atoms with Gasteiger partial charge in [0, 0.05) is 18.8 Å². The van der Waals surface area contributed by atoms with Gasteiger partial charge in [0.15, 0.2) is 0 Å². The van der Waals surface area contributed by atoms with Crippen LogP contribution in [-0.2, 0) is 4.74 Å². The van der Waals surface area contributed by atoms with Crippen molar-refractivity contribution in [3.05, 3.63) is 66.4 Å². The zero-order valence-electron chi connectivity index (χ0n) is 14.0. The topological polar surface area (TPSA) is 68.5 Å². The molecule has 0 unspecified atom stereocenters. The number of ether oxygens (including phenoxy) is 1. The number of anilines is 1. The van der Waals surface area contributed by atoms with E-state index in [1.54, 1.807) is 23.1 Å². The molecule has 1 aliphatic heterocycles. The maximum atomic E-state index is 12.1. The van der Waals surface area contributed by atoms with Crippen molar-refractivity contribution in [2.75, 3.05) is 25.4 Å². The highest BCUT2D eigenvalue weighted by Crippen LogP contribution is 2.24. The van der Waals surface area contributed by atoms with Gasteiger partial charge in [-0.3, -0.25) is 0 Å². The number of carbonyl (C=O) groups is 1. The minimum Gasteiger partial charge on any atom is -0.445 e. The lowest BCUT2D eigenvalue weighted by molar-refractivity contribution is 0.115. The summed E-state index contributed by atoms with van der Waals surface area (Å²) in [6.45, 7) is 10.5. The maximum Gasteiger partial charge on any atom is 0.410 e. The molecule has 2 heterocycles. The largest absolute Gasteiger partial charge is 0.445 e. The average molecular weight is 325 g/mol. The monoisotopic (exact) mass is 325 g/mol. The van der Waals surface area contributed by atoms with E-state index in [1.165, 1.54) is 5.57 Å². The molecule has 24 heavy (non-hydrogen) atoms. The van der Waals surface area contributed by atoms with Crippen LogP contribution in [0.25, 0.3) is 5.57 Å². The van der Waals surface area contributed by atoms with Gasteiger partial charge in [-0.2, -0.15) is 0 Å². The molecule has 2 N–H and O–H groups in total. The van der Waals surface area contributed by atoms with E-state index >= 15 is 0 Å². The van der Waals surface area contributed by atoms with Crippen LogP contribution in [0.4, 0.5) is 10.6 Å². The van der Waals surface area contributed by atoms with E-state index in [4.69, 9.17) is 10.5 Å². The summed E-state index contributed by atoms with van der Waals surface area (Å²) < 4.78 is 5.31. The Bertz CT molecular complexity index is 684. The second-order valence-corrected chi connectivity index (χ2v) is 5.58. The van der Waals surface area contributed by atoms with E-state index in [1.807, 2.05) is 25.1 Å². The standard InChI is InChI=1S/C19H23N3O2/c1-4-6-15(5-2)13-24-19(23)22-9-7-16(8-10-22)17-11-14(3)21-18(20)12-17/h4-7,11-12H,1-2,8-10,13H2,3H3,(H2,20,21)/b15-6+. The van der Waals surface area contributed by atoms with Gasteiger partial charge in [0.1, 0.15) is 12.4 Å². The fourth-order valence-corrected chi connectivity index (χ4v) is 2.54. The van der Waals surface area contributed by atoms with Crippen LogP contribution in [0.5, 0.6) is 0 Å². The van der Waals surface area contributed by atoms with Gasteiger partial charge in [0.2, 0.25) is 0 Å². The van der Waals surface area contributed by atoms with Gasteiger partial charge < -0.3 is 15.4 Å². The molecule has 1 aromatic heterocycles. The van der Waals surface area contributed by atoms with Gasteiger partial charge in [-0.15, -0.1) is 0 Å². The Morgan fingerprint density at radius 2 is 2.25 bits per heavy atom. The molecule has 1 aromatic rings. The molecular formula is C19H23N3O2. The normalized spacial score (nSPS) is 14.8. The molecule has 0 atom stereocenters. The molecule has 0 saturated heterocycles. The van der Waals surface area contributed by atoms with Gasteiger partial charge >= 0.3 is 6.09 Å². The fourth-order valence-electron chi connectivity index (χ4n) is 2.54. The molecule has 0 fully saturated rings. The van der Waals surface area contributed by atoms with Crippen LogP contribution in [-0.4, -0.2) is 35.7 Å². The lowest BCUT2D eigenvalue weighted by atomic mass is 10.00. The van der Waals surface area contributed by atoms with Crippen molar-refractivity contribution in [3.63, 3.8) is 0 Å². The number of aromatic nitrogens is 1. The second kappa shape index (κ2) is 8.15. The highest BCUT2D eigenvalue weighted by Gasteiger charge is 2.19. The Hall–Kier alpha value is -2.82. The summed E-state index contributed by atoms with van der Waals surface area (Å²) in [5.41, 5.74) is 9.75. The predicted molar refractivity (Wildman–Crippen MR) is 97.4 cm³/mol. The number of nitrogens with zero attached hydrogens (tertiary/aromatic N) is 2. The first-order valence-electron chi connectivity index (χ1n) is 7.82. The van der Waals surface area contributed by atoms with Crippen molar-refractivity contribution in [3.8, 4) is 0 Å². The number of hydrogen-bond acceptors (Lipinski definition) is 4. The summed E-state index contributed by atoms with van der Waals surface area (Å²) in [4.78, 5) is 18.0. The summed E-state index contributed by atoms with van der Waals surface area (Å²) >= 11 is 0. The molecule has 5 nitrogen and oxygen atoms in total. The Morgan fingerprint density at radius 3 is 2.83 bits per heavy atom. The first kappa shape index (κ1) is 17.5. The Balaban J connectivity index is 1.96. The van der Waals surface area contributed by atoms with Gasteiger partial charge in [-0.1, -0.05) is 37.5 Å². The third-order valence-corrected chi connectivity index (χ3v) is 3.77. The molecule has 0 saturated carbocycles. The SMILES string of the molecule is C=C/C=C(\C=C)COC(=O)N1CC=C(c2cc(C)nc(N)c2)CC1. The first-order chi connectivity index (χ1) is 11.5. The molecule has 0 radical (unpaired) electrons. The molecule has 0 aromatic carbocycles. The summed E-state index contributed by atoms with van der Waals surface area (Å²) in [6.07, 6.45) is 7.53. The van der Waals surface area contributed by atoms with E-state index in [-0.39, 0.29) is 12.7 Å². The van der Waals surface area contributed by atoms with Crippen LogP contribution < -0.4 is 5.73 Å². The van der Waals surface area contributed by atoms with Gasteiger partial charge in [0.05, 0.1) is 0 Å². The maximum absolute atomic E-state index is 12.1. The molecule has 1 aliphatic rings. The predicted octanol–water partition coefficient (Wildman–Crippen LogP) is 3.50. The molecular weight excluding hydrogens is 302 g/mol. The van der Waals surface area contributed by atoms with E-state index in [2.05, 4.69) is 18.1 Å². The van der Waals surface area contributed by atoms with Crippen LogP contribution >= 0.6 is 0 Å². The summed E-state index contributed by atoms with van der Waals surface area (Å²) in [5.74, 6) is 0.513.